The van der Waals surface area contributed by atoms with Crippen molar-refractivity contribution >= 4 is 17.5 Å². The van der Waals surface area contributed by atoms with Gasteiger partial charge in [-0.3, -0.25) is 4.79 Å². The zero-order valence-corrected chi connectivity index (χ0v) is 18.0. The number of carbonyl (C=O) groups is 1. The van der Waals surface area contributed by atoms with Crippen LogP contribution in [0, 0.1) is 13.8 Å². The van der Waals surface area contributed by atoms with Crippen LogP contribution in [0.25, 0.3) is 0 Å². The second-order valence-corrected chi connectivity index (χ2v) is 7.09. The van der Waals surface area contributed by atoms with Gasteiger partial charge in [-0.25, -0.2) is 0 Å². The lowest BCUT2D eigenvalue weighted by Gasteiger charge is -2.22. The van der Waals surface area contributed by atoms with Gasteiger partial charge in [0.2, 0.25) is 0 Å². The third-order valence-corrected chi connectivity index (χ3v) is 5.22. The number of hydrogen-bond acceptors (Lipinski definition) is 4. The molecular formula is C22H28ClNO4. The normalized spacial score (nSPS) is 12.8. The van der Waals surface area contributed by atoms with E-state index in [0.717, 1.165) is 23.1 Å². The summed E-state index contributed by atoms with van der Waals surface area (Å²) in [6.07, 6.45) is 0.0850. The molecular weight excluding hydrogens is 378 g/mol. The Balaban J connectivity index is 2.11. The topological polar surface area (TPSA) is 56.8 Å². The minimum atomic E-state index is -0.644. The number of halogens is 1. The van der Waals surface area contributed by atoms with E-state index in [-0.39, 0.29) is 11.9 Å². The lowest BCUT2D eigenvalue weighted by atomic mass is 10.0. The Morgan fingerprint density at radius 2 is 1.68 bits per heavy atom. The van der Waals surface area contributed by atoms with Gasteiger partial charge in [0.15, 0.2) is 17.6 Å². The molecule has 0 heterocycles. The van der Waals surface area contributed by atoms with Crippen molar-refractivity contribution < 1.29 is 19.0 Å². The van der Waals surface area contributed by atoms with Crippen LogP contribution in [0.5, 0.6) is 17.2 Å². The van der Waals surface area contributed by atoms with Gasteiger partial charge in [-0.05, 0) is 68.1 Å². The van der Waals surface area contributed by atoms with Gasteiger partial charge < -0.3 is 19.5 Å². The standard InChI is InChI=1S/C22H28ClNO4/c1-7-18(16-8-9-19(26-5)20(12-16)27-6)24-22(25)15(4)28-17-10-13(2)21(23)14(3)11-17/h8-12,15,18H,7H2,1-6H3,(H,24,25)/t15-,18+/m1/s1. The summed E-state index contributed by atoms with van der Waals surface area (Å²) in [5.74, 6) is 1.72. The first-order chi connectivity index (χ1) is 13.3. The molecule has 2 rings (SSSR count). The number of rotatable bonds is 8. The lowest BCUT2D eigenvalue weighted by molar-refractivity contribution is -0.128. The molecule has 5 nitrogen and oxygen atoms in total. The van der Waals surface area contributed by atoms with Crippen molar-refractivity contribution in [2.45, 2.75) is 46.3 Å². The van der Waals surface area contributed by atoms with Gasteiger partial charge >= 0.3 is 0 Å². The van der Waals surface area contributed by atoms with Crippen molar-refractivity contribution in [3.8, 4) is 17.2 Å². The van der Waals surface area contributed by atoms with Crippen LogP contribution < -0.4 is 19.5 Å². The van der Waals surface area contributed by atoms with E-state index < -0.39 is 6.10 Å². The van der Waals surface area contributed by atoms with E-state index in [2.05, 4.69) is 5.32 Å². The fourth-order valence-corrected chi connectivity index (χ4v) is 3.12. The van der Waals surface area contributed by atoms with Crippen molar-refractivity contribution in [2.24, 2.45) is 0 Å². The summed E-state index contributed by atoms with van der Waals surface area (Å²) >= 11 is 6.20. The maximum Gasteiger partial charge on any atom is 0.261 e. The van der Waals surface area contributed by atoms with Crippen LogP contribution in [0.15, 0.2) is 30.3 Å². The molecule has 0 aromatic heterocycles. The first-order valence-electron chi connectivity index (χ1n) is 9.26. The maximum atomic E-state index is 12.7. The molecule has 0 bridgehead atoms. The molecule has 2 aromatic rings. The van der Waals surface area contributed by atoms with Gasteiger partial charge in [-0.1, -0.05) is 24.6 Å². The Labute approximate surface area is 171 Å². The second-order valence-electron chi connectivity index (χ2n) is 6.71. The van der Waals surface area contributed by atoms with Gasteiger partial charge in [0.25, 0.3) is 5.91 Å². The molecule has 0 saturated heterocycles. The molecule has 0 spiro atoms. The number of methoxy groups -OCH3 is 2. The van der Waals surface area contributed by atoms with Gasteiger partial charge in [-0.2, -0.15) is 0 Å². The predicted molar refractivity (Wildman–Crippen MR) is 112 cm³/mol. The molecule has 28 heavy (non-hydrogen) atoms. The molecule has 0 aliphatic rings. The zero-order valence-electron chi connectivity index (χ0n) is 17.3. The van der Waals surface area contributed by atoms with Crippen molar-refractivity contribution in [1.29, 1.82) is 0 Å². The van der Waals surface area contributed by atoms with E-state index in [1.54, 1.807) is 21.1 Å². The average molecular weight is 406 g/mol. The van der Waals surface area contributed by atoms with Crippen LogP contribution in [0.4, 0.5) is 0 Å². The van der Waals surface area contributed by atoms with E-state index in [4.69, 9.17) is 25.8 Å². The highest BCUT2D eigenvalue weighted by Gasteiger charge is 2.21. The monoisotopic (exact) mass is 405 g/mol. The maximum absolute atomic E-state index is 12.7. The van der Waals surface area contributed by atoms with E-state index >= 15 is 0 Å². The minimum absolute atomic E-state index is 0.160. The van der Waals surface area contributed by atoms with Crippen LogP contribution in [0.1, 0.15) is 43.0 Å². The van der Waals surface area contributed by atoms with E-state index in [1.807, 2.05) is 51.1 Å². The molecule has 0 aliphatic carbocycles. The Morgan fingerprint density at radius 3 is 2.21 bits per heavy atom. The van der Waals surface area contributed by atoms with E-state index in [1.165, 1.54) is 0 Å². The summed E-state index contributed by atoms with van der Waals surface area (Å²) in [7, 11) is 3.18. The number of amides is 1. The first-order valence-corrected chi connectivity index (χ1v) is 9.64. The van der Waals surface area contributed by atoms with Crippen molar-refractivity contribution in [2.75, 3.05) is 14.2 Å². The largest absolute Gasteiger partial charge is 0.493 e. The fourth-order valence-electron chi connectivity index (χ4n) is 3.01. The molecule has 0 aliphatic heterocycles. The summed E-state index contributed by atoms with van der Waals surface area (Å²) in [5, 5.41) is 3.76. The lowest BCUT2D eigenvalue weighted by Crippen LogP contribution is -2.38. The number of benzene rings is 2. The van der Waals surface area contributed by atoms with Crippen molar-refractivity contribution in [3.05, 3.63) is 52.0 Å². The van der Waals surface area contributed by atoms with Crippen LogP contribution in [0.2, 0.25) is 5.02 Å². The molecule has 0 unspecified atom stereocenters. The van der Waals surface area contributed by atoms with Crippen LogP contribution in [0.3, 0.4) is 0 Å². The quantitative estimate of drug-likeness (QED) is 0.670. The van der Waals surface area contributed by atoms with Gasteiger partial charge in [-0.15, -0.1) is 0 Å². The Bertz CT molecular complexity index is 814. The first kappa shape index (κ1) is 21.9. The third kappa shape index (κ3) is 5.10. The van der Waals surface area contributed by atoms with Crippen LogP contribution >= 0.6 is 11.6 Å². The van der Waals surface area contributed by atoms with Crippen LogP contribution in [-0.2, 0) is 4.79 Å². The zero-order chi connectivity index (χ0) is 20.8. The van der Waals surface area contributed by atoms with Crippen molar-refractivity contribution in [1.82, 2.24) is 5.32 Å². The molecule has 0 saturated carbocycles. The summed E-state index contributed by atoms with van der Waals surface area (Å²) in [4.78, 5) is 12.7. The number of hydrogen-bond donors (Lipinski definition) is 1. The molecule has 0 fully saturated rings. The smallest absolute Gasteiger partial charge is 0.261 e. The molecule has 0 radical (unpaired) electrons. The summed E-state index contributed by atoms with van der Waals surface area (Å²) in [6, 6.07) is 9.15. The Morgan fingerprint density at radius 1 is 1.07 bits per heavy atom. The number of nitrogens with one attached hydrogen (secondary N) is 1. The molecule has 2 aromatic carbocycles. The van der Waals surface area contributed by atoms with Gasteiger partial charge in [0.1, 0.15) is 5.75 Å². The molecule has 6 heteroatoms. The molecule has 1 N–H and O–H groups in total. The van der Waals surface area contributed by atoms with E-state index in [0.29, 0.717) is 22.3 Å². The molecule has 2 atom stereocenters. The van der Waals surface area contributed by atoms with Gasteiger partial charge in [0, 0.05) is 5.02 Å². The highest BCUT2D eigenvalue weighted by molar-refractivity contribution is 6.32. The highest BCUT2D eigenvalue weighted by Crippen LogP contribution is 2.31. The number of aryl methyl sites for hydroxylation is 2. The number of carbonyl (C=O) groups excluding carboxylic acids is 1. The summed E-state index contributed by atoms with van der Waals surface area (Å²) in [5.41, 5.74) is 2.78. The fraction of sp³-hybridized carbons (Fsp3) is 0.409. The Kier molecular flexibility index (Phi) is 7.58. The highest BCUT2D eigenvalue weighted by atomic mass is 35.5. The average Bonchev–Trinajstić information content (AvgIpc) is 2.69. The Hall–Kier alpha value is -2.40. The minimum Gasteiger partial charge on any atom is -0.493 e. The van der Waals surface area contributed by atoms with E-state index in [9.17, 15) is 4.79 Å². The van der Waals surface area contributed by atoms with Gasteiger partial charge in [0.05, 0.1) is 20.3 Å². The SMILES string of the molecule is CC[C@H](NC(=O)[C@@H](C)Oc1cc(C)c(Cl)c(C)c1)c1ccc(OC)c(OC)c1. The number of ether oxygens (including phenoxy) is 3. The van der Waals surface area contributed by atoms with Crippen molar-refractivity contribution in [3.63, 3.8) is 0 Å². The predicted octanol–water partition coefficient (Wildman–Crippen LogP) is 5.01. The summed E-state index contributed by atoms with van der Waals surface area (Å²) < 4.78 is 16.5. The molecule has 152 valence electrons. The third-order valence-electron chi connectivity index (χ3n) is 4.63. The van der Waals surface area contributed by atoms with Crippen LogP contribution in [-0.4, -0.2) is 26.2 Å². The summed E-state index contributed by atoms with van der Waals surface area (Å²) in [6.45, 7) is 7.57. The second kappa shape index (κ2) is 9.69. The molecule has 1 amide bonds.